The molecule has 0 aliphatic carbocycles. The van der Waals surface area contributed by atoms with Crippen LogP contribution in [0.25, 0.3) is 11.4 Å². The molecular weight excluding hydrogens is 344 g/mol. The molecule has 3 aromatic rings. The Bertz CT molecular complexity index is 915. The summed E-state index contributed by atoms with van der Waals surface area (Å²) in [7, 11) is 0. The Kier molecular flexibility index (Phi) is 4.85. The molecule has 3 rings (SSSR count). The van der Waals surface area contributed by atoms with Gasteiger partial charge in [-0.25, -0.2) is 0 Å². The van der Waals surface area contributed by atoms with E-state index in [4.69, 9.17) is 9.52 Å². The van der Waals surface area contributed by atoms with Crippen molar-refractivity contribution in [2.45, 2.75) is 12.1 Å². The highest BCUT2D eigenvalue weighted by Crippen LogP contribution is 2.27. The standard InChI is InChI=1S/C16H14N4O4S/c1-10-13(6-7-24-10)15-18-19-16(25-9-14(22)23)20(15)17-8-11-2-4-12(21)5-3-11/h2-8,21H,9H2,1H3,(H,22,23). The zero-order chi connectivity index (χ0) is 17.8. The fourth-order valence-corrected chi connectivity index (χ4v) is 2.66. The van der Waals surface area contributed by atoms with E-state index in [1.807, 2.05) is 0 Å². The molecule has 0 spiro atoms. The fraction of sp³-hybridized carbons (Fsp3) is 0.125. The van der Waals surface area contributed by atoms with Gasteiger partial charge in [0.05, 0.1) is 23.8 Å². The van der Waals surface area contributed by atoms with Gasteiger partial charge in [0.1, 0.15) is 11.5 Å². The van der Waals surface area contributed by atoms with Gasteiger partial charge in [-0.1, -0.05) is 11.8 Å². The highest BCUT2D eigenvalue weighted by molar-refractivity contribution is 7.99. The van der Waals surface area contributed by atoms with Crippen LogP contribution in [0, 0.1) is 6.92 Å². The molecule has 2 aromatic heterocycles. The van der Waals surface area contributed by atoms with Crippen molar-refractivity contribution < 1.29 is 19.4 Å². The Balaban J connectivity index is 1.98. The molecule has 128 valence electrons. The number of rotatable bonds is 6. The van der Waals surface area contributed by atoms with Gasteiger partial charge in [0.15, 0.2) is 5.82 Å². The van der Waals surface area contributed by atoms with Gasteiger partial charge in [0, 0.05) is 0 Å². The number of aromatic hydroxyl groups is 1. The molecule has 0 saturated carbocycles. The van der Waals surface area contributed by atoms with E-state index in [0.29, 0.717) is 16.7 Å². The quantitative estimate of drug-likeness (QED) is 0.514. The first-order valence-electron chi connectivity index (χ1n) is 7.22. The monoisotopic (exact) mass is 358 g/mol. The number of phenols is 1. The lowest BCUT2D eigenvalue weighted by atomic mass is 10.2. The molecule has 0 bridgehead atoms. The first-order valence-corrected chi connectivity index (χ1v) is 8.21. The third kappa shape index (κ3) is 3.89. The van der Waals surface area contributed by atoms with E-state index in [0.717, 1.165) is 22.9 Å². The molecule has 0 aliphatic heterocycles. The van der Waals surface area contributed by atoms with Gasteiger partial charge in [-0.05, 0) is 42.8 Å². The number of aryl methyl sites for hydroxylation is 1. The second-order valence-corrected chi connectivity index (χ2v) is 5.97. The highest BCUT2D eigenvalue weighted by atomic mass is 32.2. The molecule has 0 radical (unpaired) electrons. The number of carbonyl (C=O) groups is 1. The number of nitrogens with zero attached hydrogens (tertiary/aromatic N) is 4. The number of carboxylic acids is 1. The third-order valence-corrected chi connectivity index (χ3v) is 4.16. The van der Waals surface area contributed by atoms with Gasteiger partial charge in [0.25, 0.3) is 0 Å². The molecule has 0 unspecified atom stereocenters. The van der Waals surface area contributed by atoms with Crippen molar-refractivity contribution in [2.24, 2.45) is 5.10 Å². The van der Waals surface area contributed by atoms with Gasteiger partial charge in [-0.2, -0.15) is 9.78 Å². The van der Waals surface area contributed by atoms with Crippen LogP contribution in [-0.2, 0) is 4.79 Å². The maximum atomic E-state index is 10.8. The summed E-state index contributed by atoms with van der Waals surface area (Å²) in [6, 6.07) is 8.26. The van der Waals surface area contributed by atoms with Crippen LogP contribution in [0.1, 0.15) is 11.3 Å². The Morgan fingerprint density at radius 1 is 1.32 bits per heavy atom. The Morgan fingerprint density at radius 2 is 2.08 bits per heavy atom. The number of phenolic OH excluding ortho intramolecular Hbond substituents is 1. The summed E-state index contributed by atoms with van der Waals surface area (Å²) in [5.74, 6) is 0.159. The number of hydrogen-bond donors (Lipinski definition) is 2. The third-order valence-electron chi connectivity index (χ3n) is 3.25. The van der Waals surface area contributed by atoms with E-state index in [1.165, 1.54) is 10.9 Å². The van der Waals surface area contributed by atoms with Crippen LogP contribution in [0.4, 0.5) is 0 Å². The first kappa shape index (κ1) is 16.8. The van der Waals surface area contributed by atoms with Gasteiger partial charge in [-0.3, -0.25) is 4.79 Å². The number of thioether (sulfide) groups is 1. The van der Waals surface area contributed by atoms with Gasteiger partial charge in [0.2, 0.25) is 5.16 Å². The van der Waals surface area contributed by atoms with Crippen molar-refractivity contribution in [1.29, 1.82) is 0 Å². The number of furan rings is 1. The molecule has 25 heavy (non-hydrogen) atoms. The smallest absolute Gasteiger partial charge is 0.313 e. The minimum absolute atomic E-state index is 0.156. The average molecular weight is 358 g/mol. The van der Waals surface area contributed by atoms with E-state index in [9.17, 15) is 9.90 Å². The summed E-state index contributed by atoms with van der Waals surface area (Å²) in [5, 5.41) is 31.1. The summed E-state index contributed by atoms with van der Waals surface area (Å²) in [6.45, 7) is 1.79. The fourth-order valence-electron chi connectivity index (χ4n) is 2.06. The topological polar surface area (TPSA) is 114 Å². The van der Waals surface area contributed by atoms with Crippen LogP contribution in [-0.4, -0.2) is 43.0 Å². The first-order chi connectivity index (χ1) is 12.0. The molecule has 1 aromatic carbocycles. The lowest BCUT2D eigenvalue weighted by molar-refractivity contribution is -0.133. The molecule has 0 fully saturated rings. The van der Waals surface area contributed by atoms with Crippen molar-refractivity contribution in [1.82, 2.24) is 14.9 Å². The van der Waals surface area contributed by atoms with Crippen molar-refractivity contribution in [2.75, 3.05) is 5.75 Å². The second kappa shape index (κ2) is 7.22. The molecule has 9 heteroatoms. The summed E-state index contributed by atoms with van der Waals surface area (Å²) in [5.41, 5.74) is 1.48. The van der Waals surface area contributed by atoms with E-state index in [-0.39, 0.29) is 11.5 Å². The molecule has 0 saturated heterocycles. The number of carboxylic acid groups (broad SMARTS) is 1. The molecular formula is C16H14N4O4S. The maximum absolute atomic E-state index is 10.8. The lowest BCUT2D eigenvalue weighted by Gasteiger charge is -2.03. The molecule has 0 aliphatic rings. The summed E-state index contributed by atoms with van der Waals surface area (Å²) in [6.07, 6.45) is 3.12. The van der Waals surface area contributed by atoms with Crippen molar-refractivity contribution in [3.8, 4) is 17.1 Å². The van der Waals surface area contributed by atoms with Crippen molar-refractivity contribution in [3.63, 3.8) is 0 Å². The maximum Gasteiger partial charge on any atom is 0.313 e. The van der Waals surface area contributed by atoms with Gasteiger partial charge < -0.3 is 14.6 Å². The van der Waals surface area contributed by atoms with Gasteiger partial charge in [-0.15, -0.1) is 10.2 Å². The number of benzene rings is 1. The Hall–Kier alpha value is -3.07. The minimum Gasteiger partial charge on any atom is -0.508 e. The van der Waals surface area contributed by atoms with Crippen LogP contribution in [0.2, 0.25) is 0 Å². The zero-order valence-corrected chi connectivity index (χ0v) is 14.0. The van der Waals surface area contributed by atoms with E-state index in [1.54, 1.807) is 43.5 Å². The van der Waals surface area contributed by atoms with Crippen molar-refractivity contribution >= 4 is 23.9 Å². The Morgan fingerprint density at radius 3 is 2.72 bits per heavy atom. The normalized spacial score (nSPS) is 11.2. The van der Waals surface area contributed by atoms with Crippen LogP contribution in [0.15, 0.2) is 51.3 Å². The zero-order valence-electron chi connectivity index (χ0n) is 13.2. The number of hydrogen-bond acceptors (Lipinski definition) is 7. The molecule has 0 amide bonds. The summed E-state index contributed by atoms with van der Waals surface area (Å²) in [4.78, 5) is 10.8. The largest absolute Gasteiger partial charge is 0.508 e. The SMILES string of the molecule is Cc1occc1-c1nnc(SCC(=O)O)n1N=Cc1ccc(O)cc1. The lowest BCUT2D eigenvalue weighted by Crippen LogP contribution is -2.01. The van der Waals surface area contributed by atoms with Crippen molar-refractivity contribution in [3.05, 3.63) is 47.9 Å². The summed E-state index contributed by atoms with van der Waals surface area (Å²) >= 11 is 1.02. The highest BCUT2D eigenvalue weighted by Gasteiger charge is 2.18. The predicted molar refractivity (Wildman–Crippen MR) is 91.9 cm³/mol. The van der Waals surface area contributed by atoms with Crippen LogP contribution in [0.3, 0.4) is 0 Å². The van der Waals surface area contributed by atoms with Gasteiger partial charge >= 0.3 is 5.97 Å². The predicted octanol–water partition coefficient (Wildman–Crippen LogP) is 2.61. The molecule has 0 atom stereocenters. The molecule has 8 nitrogen and oxygen atoms in total. The Labute approximate surface area is 146 Å². The van der Waals surface area contributed by atoms with Crippen LogP contribution < -0.4 is 0 Å². The van der Waals surface area contributed by atoms with E-state index >= 15 is 0 Å². The minimum atomic E-state index is -0.955. The van der Waals surface area contributed by atoms with E-state index in [2.05, 4.69) is 15.3 Å². The van der Waals surface area contributed by atoms with E-state index < -0.39 is 5.97 Å². The number of aromatic nitrogens is 3. The van der Waals surface area contributed by atoms with Crippen LogP contribution in [0.5, 0.6) is 5.75 Å². The average Bonchev–Trinajstić information content (AvgIpc) is 3.18. The second-order valence-electron chi connectivity index (χ2n) is 5.03. The van der Waals surface area contributed by atoms with Crippen LogP contribution >= 0.6 is 11.8 Å². The molecule has 2 heterocycles. The molecule has 2 N–H and O–H groups in total. The summed E-state index contributed by atoms with van der Waals surface area (Å²) < 4.78 is 6.77. The number of aliphatic carboxylic acids is 1.